The number of carbonyl (C=O) groups is 2. The van der Waals surface area contributed by atoms with E-state index < -0.39 is 24.5 Å². The number of hydrogen-bond acceptors (Lipinski definition) is 6. The van der Waals surface area contributed by atoms with Crippen molar-refractivity contribution in [2.24, 2.45) is 0 Å². The first-order valence-electron chi connectivity index (χ1n) is 5.25. The van der Waals surface area contributed by atoms with Crippen LogP contribution in [0.15, 0.2) is 22.9 Å². The highest BCUT2D eigenvalue weighted by Crippen LogP contribution is 2.27. The minimum absolute atomic E-state index is 0.146. The van der Waals surface area contributed by atoms with Crippen LogP contribution in [-0.4, -0.2) is 39.7 Å². The summed E-state index contributed by atoms with van der Waals surface area (Å²) in [6, 6.07) is 2.45. The van der Waals surface area contributed by atoms with E-state index in [4.69, 9.17) is 10.2 Å². The smallest absolute Gasteiger partial charge is 0.328 e. The predicted octanol–water partition coefficient (Wildman–Crippen LogP) is 1.05. The zero-order chi connectivity index (χ0) is 13.8. The first kappa shape index (κ1) is 13.7. The molecule has 0 saturated carbocycles. The molecule has 100 valence electrons. The van der Waals surface area contributed by atoms with Gasteiger partial charge in [0.25, 0.3) is 5.91 Å². The van der Waals surface area contributed by atoms with Gasteiger partial charge in [-0.3, -0.25) is 4.79 Å². The van der Waals surface area contributed by atoms with Crippen molar-refractivity contribution in [2.45, 2.75) is 6.04 Å². The monoisotopic (exact) mass is 298 g/mol. The molecule has 2 aromatic heterocycles. The first-order valence-corrected chi connectivity index (χ1v) is 7.01. The minimum atomic E-state index is -1.32. The Balaban J connectivity index is 2.10. The van der Waals surface area contributed by atoms with E-state index in [1.165, 1.54) is 22.7 Å². The van der Waals surface area contributed by atoms with E-state index in [1.54, 1.807) is 5.38 Å². The fraction of sp³-hybridized carbons (Fsp3) is 0.182. The van der Waals surface area contributed by atoms with E-state index in [9.17, 15) is 9.59 Å². The lowest BCUT2D eigenvalue weighted by atomic mass is 10.3. The lowest BCUT2D eigenvalue weighted by Crippen LogP contribution is -2.43. The molecule has 2 aromatic rings. The number of thiophene rings is 1. The number of thiazole rings is 1. The molecule has 3 N–H and O–H groups in total. The lowest BCUT2D eigenvalue weighted by Gasteiger charge is -2.09. The summed E-state index contributed by atoms with van der Waals surface area (Å²) in [5.41, 5.74) is 0.146. The third-order valence-corrected chi connectivity index (χ3v) is 4.14. The molecule has 8 heteroatoms. The SMILES string of the molecule is O=C(N[C@@H](CO)C(=O)O)c1csc(-c2cccs2)n1. The van der Waals surface area contributed by atoms with Gasteiger partial charge in [-0.15, -0.1) is 22.7 Å². The minimum Gasteiger partial charge on any atom is -0.480 e. The summed E-state index contributed by atoms with van der Waals surface area (Å²) >= 11 is 2.81. The maximum atomic E-state index is 11.8. The average molecular weight is 298 g/mol. The fourth-order valence-electron chi connectivity index (χ4n) is 1.31. The highest BCUT2D eigenvalue weighted by atomic mass is 32.1. The molecule has 0 unspecified atom stereocenters. The van der Waals surface area contributed by atoms with Crippen molar-refractivity contribution < 1.29 is 19.8 Å². The third kappa shape index (κ3) is 3.16. The van der Waals surface area contributed by atoms with Gasteiger partial charge in [0, 0.05) is 5.38 Å². The van der Waals surface area contributed by atoms with E-state index in [1.807, 2.05) is 17.5 Å². The van der Waals surface area contributed by atoms with E-state index in [2.05, 4.69) is 10.3 Å². The van der Waals surface area contributed by atoms with Crippen molar-refractivity contribution in [3.63, 3.8) is 0 Å². The molecule has 0 bridgehead atoms. The van der Waals surface area contributed by atoms with Crippen LogP contribution in [0.5, 0.6) is 0 Å². The number of carboxylic acids is 1. The maximum Gasteiger partial charge on any atom is 0.328 e. The summed E-state index contributed by atoms with van der Waals surface area (Å²) in [5, 5.41) is 23.9. The molecule has 2 heterocycles. The van der Waals surface area contributed by atoms with Gasteiger partial charge in [-0.05, 0) is 11.4 Å². The summed E-state index contributed by atoms with van der Waals surface area (Å²) in [5.74, 6) is -1.90. The summed E-state index contributed by atoms with van der Waals surface area (Å²) in [6.07, 6.45) is 0. The molecule has 6 nitrogen and oxygen atoms in total. The molecule has 0 fully saturated rings. The molecule has 1 atom stereocenters. The van der Waals surface area contributed by atoms with Crippen LogP contribution in [0, 0.1) is 0 Å². The number of aliphatic hydroxyl groups excluding tert-OH is 1. The zero-order valence-corrected chi connectivity index (χ0v) is 11.2. The molecule has 1 amide bonds. The fourth-order valence-corrected chi connectivity index (χ4v) is 2.92. The van der Waals surface area contributed by atoms with Gasteiger partial charge in [-0.25, -0.2) is 9.78 Å². The lowest BCUT2D eigenvalue weighted by molar-refractivity contribution is -0.140. The Bertz CT molecular complexity index is 579. The van der Waals surface area contributed by atoms with Crippen LogP contribution in [0.25, 0.3) is 9.88 Å². The Morgan fingerprint density at radius 3 is 2.79 bits per heavy atom. The molecule has 0 aromatic carbocycles. The van der Waals surface area contributed by atoms with Crippen molar-refractivity contribution in [1.29, 1.82) is 0 Å². The number of nitrogens with zero attached hydrogens (tertiary/aromatic N) is 1. The molecule has 0 spiro atoms. The standard InChI is InChI=1S/C11H10N2O4S2/c14-4-6(11(16)17)12-9(15)7-5-19-10(13-7)8-2-1-3-18-8/h1-3,5-6,14H,4H2,(H,12,15)(H,16,17)/t6-/m0/s1. The van der Waals surface area contributed by atoms with Gasteiger partial charge in [-0.2, -0.15) is 0 Å². The first-order chi connectivity index (χ1) is 9.11. The van der Waals surface area contributed by atoms with Gasteiger partial charge in [0.05, 0.1) is 11.5 Å². The molecule has 0 aliphatic rings. The van der Waals surface area contributed by atoms with Gasteiger partial charge in [0.15, 0.2) is 6.04 Å². The Kier molecular flexibility index (Phi) is 4.25. The largest absolute Gasteiger partial charge is 0.480 e. The molecular weight excluding hydrogens is 288 g/mol. The second-order valence-electron chi connectivity index (χ2n) is 3.56. The molecule has 0 radical (unpaired) electrons. The van der Waals surface area contributed by atoms with Crippen LogP contribution < -0.4 is 5.32 Å². The van der Waals surface area contributed by atoms with Crippen molar-refractivity contribution in [2.75, 3.05) is 6.61 Å². The molecule has 0 aliphatic heterocycles. The zero-order valence-electron chi connectivity index (χ0n) is 9.57. The highest BCUT2D eigenvalue weighted by Gasteiger charge is 2.21. The number of nitrogens with one attached hydrogen (secondary N) is 1. The Labute approximate surface area is 116 Å². The number of aliphatic hydroxyl groups is 1. The molecule has 0 saturated heterocycles. The van der Waals surface area contributed by atoms with E-state index >= 15 is 0 Å². The second-order valence-corrected chi connectivity index (χ2v) is 5.37. The van der Waals surface area contributed by atoms with Crippen LogP contribution in [0.1, 0.15) is 10.5 Å². The van der Waals surface area contributed by atoms with Gasteiger partial charge in [-0.1, -0.05) is 6.07 Å². The van der Waals surface area contributed by atoms with E-state index in [0.29, 0.717) is 5.01 Å². The quantitative estimate of drug-likeness (QED) is 0.766. The van der Waals surface area contributed by atoms with E-state index in [0.717, 1.165) is 4.88 Å². The van der Waals surface area contributed by atoms with Crippen molar-refractivity contribution >= 4 is 34.6 Å². The Hall–Kier alpha value is -1.77. The summed E-state index contributed by atoms with van der Waals surface area (Å²) in [4.78, 5) is 27.5. The van der Waals surface area contributed by atoms with Crippen LogP contribution in [0.3, 0.4) is 0 Å². The summed E-state index contributed by atoms with van der Waals surface area (Å²) in [6.45, 7) is -0.664. The molecule has 0 aliphatic carbocycles. The van der Waals surface area contributed by atoms with Crippen molar-refractivity contribution in [3.8, 4) is 9.88 Å². The van der Waals surface area contributed by atoms with Crippen LogP contribution in [0.4, 0.5) is 0 Å². The second kappa shape index (κ2) is 5.91. The Morgan fingerprint density at radius 1 is 1.42 bits per heavy atom. The molecule has 2 rings (SSSR count). The predicted molar refractivity (Wildman–Crippen MR) is 71.4 cm³/mol. The normalized spacial score (nSPS) is 12.1. The van der Waals surface area contributed by atoms with Crippen molar-refractivity contribution in [3.05, 3.63) is 28.6 Å². The van der Waals surface area contributed by atoms with E-state index in [-0.39, 0.29) is 5.69 Å². The summed E-state index contributed by atoms with van der Waals surface area (Å²) < 4.78 is 0. The highest BCUT2D eigenvalue weighted by molar-refractivity contribution is 7.20. The van der Waals surface area contributed by atoms with Crippen LogP contribution in [-0.2, 0) is 4.79 Å². The summed E-state index contributed by atoms with van der Waals surface area (Å²) in [7, 11) is 0. The number of hydrogen-bond donors (Lipinski definition) is 3. The Morgan fingerprint density at radius 2 is 2.21 bits per heavy atom. The molecular formula is C11H10N2O4S2. The number of aromatic nitrogens is 1. The average Bonchev–Trinajstić information content (AvgIpc) is 3.04. The van der Waals surface area contributed by atoms with Crippen LogP contribution >= 0.6 is 22.7 Å². The van der Waals surface area contributed by atoms with Gasteiger partial charge in [0.1, 0.15) is 10.7 Å². The van der Waals surface area contributed by atoms with Gasteiger partial charge < -0.3 is 15.5 Å². The number of carbonyl (C=O) groups excluding carboxylic acids is 1. The topological polar surface area (TPSA) is 99.5 Å². The number of rotatable bonds is 5. The third-order valence-electron chi connectivity index (χ3n) is 2.25. The number of amides is 1. The number of aliphatic carboxylic acids is 1. The molecule has 19 heavy (non-hydrogen) atoms. The van der Waals surface area contributed by atoms with Crippen molar-refractivity contribution in [1.82, 2.24) is 10.3 Å². The maximum absolute atomic E-state index is 11.8. The number of carboxylic acid groups (broad SMARTS) is 1. The van der Waals surface area contributed by atoms with Gasteiger partial charge in [0.2, 0.25) is 0 Å². The van der Waals surface area contributed by atoms with Crippen LogP contribution in [0.2, 0.25) is 0 Å². The van der Waals surface area contributed by atoms with Gasteiger partial charge >= 0.3 is 5.97 Å².